The molecular weight excluding hydrogens is 599 g/mol. The van der Waals surface area contributed by atoms with E-state index < -0.39 is 0 Å². The van der Waals surface area contributed by atoms with Gasteiger partial charge in [0.15, 0.2) is 0 Å². The fourth-order valence-corrected chi connectivity index (χ4v) is 7.28. The number of hydrogen-bond acceptors (Lipinski definition) is 3. The molecule has 8 aromatic carbocycles. The average Bonchev–Trinajstić information content (AvgIpc) is 3.72. The van der Waals surface area contributed by atoms with E-state index in [2.05, 4.69) is 169 Å². The molecule has 0 bridgehead atoms. The fourth-order valence-electron chi connectivity index (χ4n) is 7.28. The Hall–Kier alpha value is -6.58. The summed E-state index contributed by atoms with van der Waals surface area (Å²) in [7, 11) is 0. The smallest absolute Gasteiger partial charge is 0.136 e. The van der Waals surface area contributed by atoms with Crippen LogP contribution in [0, 0.1) is 0 Å². The van der Waals surface area contributed by atoms with Gasteiger partial charge >= 0.3 is 0 Å². The summed E-state index contributed by atoms with van der Waals surface area (Å²) in [6.45, 7) is 0. The molecule has 3 nitrogen and oxygen atoms in total. The molecule has 49 heavy (non-hydrogen) atoms. The number of rotatable bonds is 5. The Balaban J connectivity index is 1.15. The Kier molecular flexibility index (Phi) is 6.18. The third-order valence-electron chi connectivity index (χ3n) is 9.65. The highest BCUT2D eigenvalue weighted by Crippen LogP contribution is 2.42. The lowest BCUT2D eigenvalue weighted by Crippen LogP contribution is -2.09. The predicted octanol–water partition coefficient (Wildman–Crippen LogP) is 13.4. The number of furan rings is 2. The first-order valence-electron chi connectivity index (χ1n) is 16.6. The summed E-state index contributed by atoms with van der Waals surface area (Å²) in [6.07, 6.45) is 0. The maximum Gasteiger partial charge on any atom is 0.136 e. The van der Waals surface area contributed by atoms with E-state index in [-0.39, 0.29) is 0 Å². The van der Waals surface area contributed by atoms with Crippen LogP contribution < -0.4 is 4.90 Å². The topological polar surface area (TPSA) is 29.5 Å². The highest BCUT2D eigenvalue weighted by atomic mass is 16.3. The Labute approximate surface area is 282 Å². The van der Waals surface area contributed by atoms with Crippen LogP contribution in [0.2, 0.25) is 0 Å². The number of fused-ring (bicyclic) bond motifs is 7. The summed E-state index contributed by atoms with van der Waals surface area (Å²) in [5, 5.41) is 6.77. The normalized spacial score (nSPS) is 11.7. The molecular formula is C46H29NO2. The largest absolute Gasteiger partial charge is 0.456 e. The van der Waals surface area contributed by atoms with Gasteiger partial charge < -0.3 is 13.7 Å². The van der Waals surface area contributed by atoms with Gasteiger partial charge in [-0.1, -0.05) is 109 Å². The van der Waals surface area contributed by atoms with Crippen LogP contribution in [0.5, 0.6) is 0 Å². The van der Waals surface area contributed by atoms with Crippen molar-refractivity contribution in [3.05, 3.63) is 176 Å². The van der Waals surface area contributed by atoms with Crippen molar-refractivity contribution in [2.45, 2.75) is 0 Å². The Bertz CT molecular complexity index is 2830. The van der Waals surface area contributed by atoms with Crippen LogP contribution in [0.4, 0.5) is 17.1 Å². The monoisotopic (exact) mass is 627 g/mol. The third kappa shape index (κ3) is 4.59. The zero-order valence-electron chi connectivity index (χ0n) is 26.5. The molecule has 0 aliphatic heterocycles. The minimum atomic E-state index is 0.873. The van der Waals surface area contributed by atoms with Crippen LogP contribution in [-0.2, 0) is 0 Å². The van der Waals surface area contributed by atoms with Gasteiger partial charge in [-0.25, -0.2) is 0 Å². The first-order valence-corrected chi connectivity index (χ1v) is 16.6. The minimum absolute atomic E-state index is 0.873. The standard InChI is InChI=1S/C46H29NO2/c1-2-10-30(11-3-1)37-14-6-7-15-38(37)31-18-20-34(21-19-31)47(35-22-24-44-41(28-35)39-16-8-9-17-43(39)48-44)36-23-25-45-42(29-36)40-26-32-12-4-5-13-33(32)27-46(40)49-45/h1-29H. The number of anilines is 3. The van der Waals surface area contributed by atoms with E-state index in [1.807, 2.05) is 12.1 Å². The van der Waals surface area contributed by atoms with Crippen molar-refractivity contribution in [3.63, 3.8) is 0 Å². The summed E-state index contributed by atoms with van der Waals surface area (Å²) in [5.41, 5.74) is 11.5. The van der Waals surface area contributed by atoms with E-state index in [1.165, 1.54) is 33.0 Å². The third-order valence-corrected chi connectivity index (χ3v) is 9.65. The summed E-state index contributed by atoms with van der Waals surface area (Å²) < 4.78 is 12.6. The van der Waals surface area contributed by atoms with Gasteiger partial charge in [0, 0.05) is 38.6 Å². The number of benzene rings is 8. The molecule has 0 fully saturated rings. The number of hydrogen-bond donors (Lipinski definition) is 0. The van der Waals surface area contributed by atoms with Gasteiger partial charge in [0.1, 0.15) is 22.3 Å². The van der Waals surface area contributed by atoms with Crippen molar-refractivity contribution in [2.24, 2.45) is 0 Å². The van der Waals surface area contributed by atoms with Crippen molar-refractivity contribution in [1.82, 2.24) is 0 Å². The lowest BCUT2D eigenvalue weighted by Gasteiger charge is -2.26. The van der Waals surface area contributed by atoms with Gasteiger partial charge in [-0.3, -0.25) is 0 Å². The van der Waals surface area contributed by atoms with E-state index in [0.29, 0.717) is 0 Å². The summed E-state index contributed by atoms with van der Waals surface area (Å²) in [6, 6.07) is 62.2. The molecule has 0 amide bonds. The molecule has 2 heterocycles. The van der Waals surface area contributed by atoms with E-state index in [9.17, 15) is 0 Å². The SMILES string of the molecule is c1ccc(-c2ccccc2-c2ccc(N(c3ccc4oc5ccccc5c4c3)c3ccc4oc5cc6ccccc6cc5c4c3)cc2)cc1. The Morgan fingerprint density at radius 3 is 1.51 bits per heavy atom. The lowest BCUT2D eigenvalue weighted by atomic mass is 9.94. The van der Waals surface area contributed by atoms with E-state index in [0.717, 1.165) is 60.9 Å². The van der Waals surface area contributed by atoms with Crippen LogP contribution in [-0.4, -0.2) is 0 Å². The molecule has 0 atom stereocenters. The molecule has 10 aromatic rings. The second-order valence-electron chi connectivity index (χ2n) is 12.6. The predicted molar refractivity (Wildman–Crippen MR) is 204 cm³/mol. The van der Waals surface area contributed by atoms with Gasteiger partial charge in [-0.15, -0.1) is 0 Å². The quantitative estimate of drug-likeness (QED) is 0.190. The summed E-state index contributed by atoms with van der Waals surface area (Å²) in [4.78, 5) is 2.33. The molecule has 10 rings (SSSR count). The molecule has 0 aliphatic rings. The van der Waals surface area contributed by atoms with E-state index in [4.69, 9.17) is 8.83 Å². The second-order valence-corrected chi connectivity index (χ2v) is 12.6. The highest BCUT2D eigenvalue weighted by molar-refractivity contribution is 6.11. The highest BCUT2D eigenvalue weighted by Gasteiger charge is 2.18. The maximum absolute atomic E-state index is 6.38. The van der Waals surface area contributed by atoms with E-state index >= 15 is 0 Å². The Morgan fingerprint density at radius 2 is 0.796 bits per heavy atom. The molecule has 0 unspecified atom stereocenters. The first-order chi connectivity index (χ1) is 24.3. The van der Waals surface area contributed by atoms with Crippen molar-refractivity contribution in [2.75, 3.05) is 4.90 Å². The van der Waals surface area contributed by atoms with Crippen LogP contribution in [0.15, 0.2) is 185 Å². The van der Waals surface area contributed by atoms with Crippen molar-refractivity contribution in [3.8, 4) is 22.3 Å². The molecule has 0 aliphatic carbocycles. The van der Waals surface area contributed by atoms with Crippen LogP contribution >= 0.6 is 0 Å². The zero-order valence-corrected chi connectivity index (χ0v) is 26.5. The van der Waals surface area contributed by atoms with E-state index in [1.54, 1.807) is 0 Å². The first kappa shape index (κ1) is 27.5. The summed E-state index contributed by atoms with van der Waals surface area (Å²) >= 11 is 0. The molecule has 0 spiro atoms. The molecule has 2 aromatic heterocycles. The van der Waals surface area contributed by atoms with Gasteiger partial charge in [-0.05, 0) is 99.8 Å². The Morgan fingerprint density at radius 1 is 0.306 bits per heavy atom. The van der Waals surface area contributed by atoms with Gasteiger partial charge in [-0.2, -0.15) is 0 Å². The van der Waals surface area contributed by atoms with Crippen LogP contribution in [0.3, 0.4) is 0 Å². The number of nitrogens with zero attached hydrogens (tertiary/aromatic N) is 1. The minimum Gasteiger partial charge on any atom is -0.456 e. The van der Waals surface area contributed by atoms with Crippen molar-refractivity contribution >= 4 is 71.7 Å². The molecule has 0 radical (unpaired) electrons. The van der Waals surface area contributed by atoms with Crippen LogP contribution in [0.25, 0.3) is 76.9 Å². The maximum atomic E-state index is 6.38. The van der Waals surface area contributed by atoms with Crippen LogP contribution in [0.1, 0.15) is 0 Å². The van der Waals surface area contributed by atoms with Crippen molar-refractivity contribution < 1.29 is 8.83 Å². The van der Waals surface area contributed by atoms with Gasteiger partial charge in [0.2, 0.25) is 0 Å². The summed E-state index contributed by atoms with van der Waals surface area (Å²) in [5.74, 6) is 0. The van der Waals surface area contributed by atoms with Gasteiger partial charge in [0.25, 0.3) is 0 Å². The molecule has 230 valence electrons. The zero-order chi connectivity index (χ0) is 32.3. The molecule has 3 heteroatoms. The lowest BCUT2D eigenvalue weighted by molar-refractivity contribution is 0.669. The molecule has 0 saturated carbocycles. The number of para-hydroxylation sites is 1. The average molecular weight is 628 g/mol. The second kappa shape index (κ2) is 11.0. The molecule has 0 N–H and O–H groups in total. The fraction of sp³-hybridized carbons (Fsp3) is 0. The van der Waals surface area contributed by atoms with Crippen molar-refractivity contribution in [1.29, 1.82) is 0 Å². The van der Waals surface area contributed by atoms with Gasteiger partial charge in [0.05, 0.1) is 0 Å². The molecule has 0 saturated heterocycles.